The summed E-state index contributed by atoms with van der Waals surface area (Å²) in [6.07, 6.45) is 58.2. The van der Waals surface area contributed by atoms with E-state index in [1.54, 1.807) is 6.08 Å². The number of allylic oxidation sites excluding steroid dienone is 13. The van der Waals surface area contributed by atoms with Gasteiger partial charge in [-0.15, -0.1) is 0 Å². The number of hydrogen-bond donors (Lipinski definition) is 9. The Bertz CT molecular complexity index is 1730. The first-order chi connectivity index (χ1) is 41.1. The lowest BCUT2D eigenvalue weighted by atomic mass is 9.97. The van der Waals surface area contributed by atoms with Crippen molar-refractivity contribution in [3.63, 3.8) is 0 Å². The van der Waals surface area contributed by atoms with E-state index in [-0.39, 0.29) is 18.9 Å². The number of amides is 1. The molecule has 12 unspecified atom stereocenters. The van der Waals surface area contributed by atoms with Gasteiger partial charge in [0.25, 0.3) is 0 Å². The van der Waals surface area contributed by atoms with Gasteiger partial charge in [-0.25, -0.2) is 0 Å². The lowest BCUT2D eigenvalue weighted by Crippen LogP contribution is -2.65. The second-order valence-corrected chi connectivity index (χ2v) is 23.6. The van der Waals surface area contributed by atoms with Gasteiger partial charge in [-0.1, -0.05) is 259 Å². The Kier molecular flexibility index (Phi) is 50.0. The van der Waals surface area contributed by atoms with Crippen LogP contribution in [0.1, 0.15) is 258 Å². The van der Waals surface area contributed by atoms with Crippen LogP contribution in [-0.2, 0) is 23.7 Å². The maximum absolute atomic E-state index is 13.3. The summed E-state index contributed by atoms with van der Waals surface area (Å²) < 4.78 is 22.7. The van der Waals surface area contributed by atoms with Crippen molar-refractivity contribution in [1.82, 2.24) is 5.32 Å². The van der Waals surface area contributed by atoms with Crippen molar-refractivity contribution < 1.29 is 64.6 Å². The van der Waals surface area contributed by atoms with Gasteiger partial charge < -0.3 is 65.1 Å². The van der Waals surface area contributed by atoms with Crippen LogP contribution in [0.15, 0.2) is 85.1 Å². The molecule has 486 valence electrons. The minimum Gasteiger partial charge on any atom is -0.394 e. The third-order valence-corrected chi connectivity index (χ3v) is 16.1. The van der Waals surface area contributed by atoms with Gasteiger partial charge >= 0.3 is 0 Å². The predicted molar refractivity (Wildman–Crippen MR) is 341 cm³/mol. The molecule has 0 spiro atoms. The molecule has 2 aliphatic heterocycles. The second kappa shape index (κ2) is 54.3. The molecule has 0 aromatic heterocycles. The molecule has 1 amide bonds. The Morgan fingerprint density at radius 2 is 0.833 bits per heavy atom. The Labute approximate surface area is 510 Å². The maximum atomic E-state index is 13.3. The molecule has 9 N–H and O–H groups in total. The molecule has 0 saturated carbocycles. The second-order valence-electron chi connectivity index (χ2n) is 23.6. The number of carbonyl (C=O) groups is 1. The summed E-state index contributed by atoms with van der Waals surface area (Å²) in [5.74, 6) is -0.249. The van der Waals surface area contributed by atoms with Gasteiger partial charge in [-0.05, 0) is 77.0 Å². The van der Waals surface area contributed by atoms with Crippen molar-refractivity contribution in [1.29, 1.82) is 0 Å². The van der Waals surface area contributed by atoms with Crippen LogP contribution in [0.5, 0.6) is 0 Å². The average Bonchev–Trinajstić information content (AvgIpc) is 3.59. The lowest BCUT2D eigenvalue weighted by molar-refractivity contribution is -0.359. The number of aliphatic hydroxyl groups is 8. The zero-order valence-corrected chi connectivity index (χ0v) is 52.6. The topological polar surface area (TPSA) is 228 Å². The standard InChI is InChI=1S/C70H123NO13/c1-3-5-7-9-11-13-15-16-17-18-19-20-21-22-23-24-25-26-27-28-29-30-31-32-33-34-35-36-37-38-39-40-41-42-44-46-48-50-52-54-62(75)71-58(59(74)53-51-49-47-45-43-14-12-10-8-6-4-2)57-81-69-67(80)65(78)68(61(56-73)83-69)84-70-66(79)64(77)63(76)60(55-72)82-70/h5,7,11,13,16-17,19-20,22-23,43,45,51,53,58-61,63-70,72-74,76-80H,3-4,6,8-10,12,14-15,18,21,24-42,44,46-50,52,54-57H2,1-2H3,(H,71,75)/b7-5-,13-11-,17-16-,20-19-,23-22-,45-43+,53-51+. The zero-order valence-electron chi connectivity index (χ0n) is 52.6. The van der Waals surface area contributed by atoms with Gasteiger partial charge in [0.15, 0.2) is 12.6 Å². The van der Waals surface area contributed by atoms with Crippen LogP contribution < -0.4 is 5.32 Å². The normalized spacial score (nSPS) is 24.2. The van der Waals surface area contributed by atoms with E-state index in [0.717, 1.165) is 64.2 Å². The summed E-state index contributed by atoms with van der Waals surface area (Å²) in [4.78, 5) is 13.3. The fourth-order valence-electron chi connectivity index (χ4n) is 10.7. The largest absolute Gasteiger partial charge is 0.394 e. The quantitative estimate of drug-likeness (QED) is 0.0204. The van der Waals surface area contributed by atoms with Crippen molar-refractivity contribution in [2.75, 3.05) is 19.8 Å². The Morgan fingerprint density at radius 3 is 1.31 bits per heavy atom. The highest BCUT2D eigenvalue weighted by molar-refractivity contribution is 5.76. The van der Waals surface area contributed by atoms with Gasteiger partial charge in [0, 0.05) is 6.42 Å². The number of hydrogen-bond acceptors (Lipinski definition) is 13. The molecular formula is C70H123NO13. The molecule has 2 rings (SSSR count). The summed E-state index contributed by atoms with van der Waals surface area (Å²) >= 11 is 0. The molecule has 2 aliphatic rings. The van der Waals surface area contributed by atoms with E-state index in [0.29, 0.717) is 12.8 Å². The predicted octanol–water partition coefficient (Wildman–Crippen LogP) is 13.2. The molecular weight excluding hydrogens is 1060 g/mol. The monoisotopic (exact) mass is 1190 g/mol. The molecule has 2 heterocycles. The number of nitrogens with one attached hydrogen (secondary N) is 1. The number of ether oxygens (including phenoxy) is 4. The first-order valence-electron chi connectivity index (χ1n) is 33.8. The van der Waals surface area contributed by atoms with Crippen LogP contribution in [0.4, 0.5) is 0 Å². The van der Waals surface area contributed by atoms with Crippen LogP contribution in [0.25, 0.3) is 0 Å². The van der Waals surface area contributed by atoms with Crippen molar-refractivity contribution in [3.05, 3.63) is 85.1 Å². The van der Waals surface area contributed by atoms with Gasteiger partial charge in [-0.3, -0.25) is 4.79 Å². The molecule has 14 heteroatoms. The van der Waals surface area contributed by atoms with E-state index >= 15 is 0 Å². The molecule has 2 saturated heterocycles. The molecule has 0 aromatic carbocycles. The molecule has 0 bridgehead atoms. The molecule has 84 heavy (non-hydrogen) atoms. The number of carbonyl (C=O) groups excluding carboxylic acids is 1. The van der Waals surface area contributed by atoms with Gasteiger partial charge in [0.2, 0.25) is 5.91 Å². The fraction of sp³-hybridized carbons (Fsp3) is 0.786. The van der Waals surface area contributed by atoms with Crippen LogP contribution in [0.3, 0.4) is 0 Å². The van der Waals surface area contributed by atoms with Crippen molar-refractivity contribution in [2.24, 2.45) is 0 Å². The first-order valence-corrected chi connectivity index (χ1v) is 33.8. The van der Waals surface area contributed by atoms with Gasteiger partial charge in [0.1, 0.15) is 48.8 Å². The summed E-state index contributed by atoms with van der Waals surface area (Å²) in [6.45, 7) is 2.64. The third kappa shape index (κ3) is 38.4. The summed E-state index contributed by atoms with van der Waals surface area (Å²) in [7, 11) is 0. The van der Waals surface area contributed by atoms with Crippen molar-refractivity contribution in [3.8, 4) is 0 Å². The van der Waals surface area contributed by atoms with Crippen molar-refractivity contribution in [2.45, 2.75) is 331 Å². The van der Waals surface area contributed by atoms with E-state index in [2.05, 4.69) is 92.1 Å². The smallest absolute Gasteiger partial charge is 0.220 e. The highest BCUT2D eigenvalue weighted by Crippen LogP contribution is 2.30. The first kappa shape index (κ1) is 77.3. The highest BCUT2D eigenvalue weighted by Gasteiger charge is 2.51. The summed E-state index contributed by atoms with van der Waals surface area (Å²) in [5, 5.41) is 87.0. The zero-order chi connectivity index (χ0) is 60.9. The van der Waals surface area contributed by atoms with Crippen LogP contribution in [0, 0.1) is 0 Å². The van der Waals surface area contributed by atoms with Crippen molar-refractivity contribution >= 4 is 5.91 Å². The molecule has 2 fully saturated rings. The number of rotatable bonds is 54. The summed E-state index contributed by atoms with van der Waals surface area (Å²) in [5.41, 5.74) is 0. The lowest BCUT2D eigenvalue weighted by Gasteiger charge is -2.46. The van der Waals surface area contributed by atoms with E-state index in [1.165, 1.54) is 161 Å². The van der Waals surface area contributed by atoms with E-state index in [9.17, 15) is 45.6 Å². The maximum Gasteiger partial charge on any atom is 0.220 e. The van der Waals surface area contributed by atoms with E-state index in [1.807, 2.05) is 6.08 Å². The summed E-state index contributed by atoms with van der Waals surface area (Å²) in [6, 6.07) is -0.931. The Hall–Kier alpha value is -2.83. The van der Waals surface area contributed by atoms with E-state index in [4.69, 9.17) is 18.9 Å². The Morgan fingerprint density at radius 1 is 0.440 bits per heavy atom. The number of unbranched alkanes of at least 4 members (excludes halogenated alkanes) is 29. The van der Waals surface area contributed by atoms with Gasteiger partial charge in [-0.2, -0.15) is 0 Å². The van der Waals surface area contributed by atoms with E-state index < -0.39 is 86.8 Å². The minimum atomic E-state index is -1.79. The molecule has 12 atom stereocenters. The fourth-order valence-corrected chi connectivity index (χ4v) is 10.7. The molecule has 0 aromatic rings. The van der Waals surface area contributed by atoms with Crippen LogP contribution >= 0.6 is 0 Å². The molecule has 0 radical (unpaired) electrons. The average molecular weight is 1190 g/mol. The molecule has 14 nitrogen and oxygen atoms in total. The molecule has 0 aliphatic carbocycles. The van der Waals surface area contributed by atoms with Gasteiger partial charge in [0.05, 0.1) is 32.0 Å². The van der Waals surface area contributed by atoms with Crippen LogP contribution in [0.2, 0.25) is 0 Å². The highest BCUT2D eigenvalue weighted by atomic mass is 16.7. The Balaban J connectivity index is 1.55. The third-order valence-electron chi connectivity index (χ3n) is 16.1. The SMILES string of the molecule is CC/C=C\C/C=C\C/C=C\C/C=C\C/C=C\CCCCCCCCCCCCCCCCCCCCCCCCCC(=O)NC(COC1OC(CO)C(OC2OC(CO)C(O)C(O)C2O)C(O)C1O)C(O)/C=C/CC/C=C/CCCCCCC. The minimum absolute atomic E-state index is 0.249. The number of aliphatic hydroxyl groups excluding tert-OH is 8. The van der Waals surface area contributed by atoms with Crippen LogP contribution in [-0.4, -0.2) is 140 Å².